The zero-order valence-corrected chi connectivity index (χ0v) is 20.8. The monoisotopic (exact) mass is 487 g/mol. The third-order valence-corrected chi connectivity index (χ3v) is 7.46. The second-order valence-corrected chi connectivity index (χ2v) is 9.47. The standard InChI is InChI=1S/C35H25N3/c1-3-12-27(13-4-1)35(28-14-5-2-6-15-28)30-16-7-9-18-32(30)38(33-19-10-8-17-31(33)35)29-22-20-26(21-23-29)34-36-24-11-25-37-34/h1-25H. The van der Waals surface area contributed by atoms with Crippen molar-refractivity contribution < 1.29 is 0 Å². The van der Waals surface area contributed by atoms with Crippen LogP contribution >= 0.6 is 0 Å². The molecule has 0 radical (unpaired) electrons. The molecule has 0 saturated heterocycles. The van der Waals surface area contributed by atoms with Gasteiger partial charge >= 0.3 is 0 Å². The van der Waals surface area contributed by atoms with E-state index >= 15 is 0 Å². The molecule has 1 aliphatic rings. The molecule has 3 nitrogen and oxygen atoms in total. The molecule has 1 aliphatic heterocycles. The van der Waals surface area contributed by atoms with Crippen molar-refractivity contribution in [2.75, 3.05) is 4.90 Å². The smallest absolute Gasteiger partial charge is 0.159 e. The van der Waals surface area contributed by atoms with Gasteiger partial charge in [-0.2, -0.15) is 0 Å². The molecular formula is C35H25N3. The highest BCUT2D eigenvalue weighted by Crippen LogP contribution is 2.57. The van der Waals surface area contributed by atoms with Gasteiger partial charge in [-0.05, 0) is 64.7 Å². The number of anilines is 3. The summed E-state index contributed by atoms with van der Waals surface area (Å²) in [5.41, 5.74) is 8.99. The molecule has 0 spiro atoms. The first kappa shape index (κ1) is 22.2. The van der Waals surface area contributed by atoms with Crippen LogP contribution in [0.1, 0.15) is 22.3 Å². The van der Waals surface area contributed by atoms with E-state index < -0.39 is 5.41 Å². The van der Waals surface area contributed by atoms with Crippen LogP contribution in [0, 0.1) is 0 Å². The fourth-order valence-electron chi connectivity index (χ4n) is 5.90. The lowest BCUT2D eigenvalue weighted by Gasteiger charge is -2.46. The SMILES string of the molecule is c1ccc(C2(c3ccccc3)c3ccccc3N(c3ccc(-c4ncccn4)cc3)c3ccccc32)cc1. The van der Waals surface area contributed by atoms with Gasteiger partial charge < -0.3 is 4.90 Å². The fourth-order valence-corrected chi connectivity index (χ4v) is 5.90. The van der Waals surface area contributed by atoms with Gasteiger partial charge in [0.25, 0.3) is 0 Å². The lowest BCUT2D eigenvalue weighted by Crippen LogP contribution is -2.37. The quantitative estimate of drug-likeness (QED) is 0.250. The van der Waals surface area contributed by atoms with Crippen LogP contribution in [-0.2, 0) is 5.41 Å². The van der Waals surface area contributed by atoms with E-state index in [9.17, 15) is 0 Å². The third kappa shape index (κ3) is 3.36. The summed E-state index contributed by atoms with van der Waals surface area (Å²) in [6.07, 6.45) is 3.56. The van der Waals surface area contributed by atoms with Crippen molar-refractivity contribution in [2.24, 2.45) is 0 Å². The highest BCUT2D eigenvalue weighted by molar-refractivity contribution is 5.89. The van der Waals surface area contributed by atoms with Crippen molar-refractivity contribution in [3.8, 4) is 11.4 Å². The zero-order valence-electron chi connectivity index (χ0n) is 20.8. The molecule has 0 atom stereocenters. The summed E-state index contributed by atoms with van der Waals surface area (Å²) >= 11 is 0. The van der Waals surface area contributed by atoms with Gasteiger partial charge in [0.1, 0.15) is 0 Å². The minimum Gasteiger partial charge on any atom is -0.310 e. The Hall–Kier alpha value is -5.02. The second-order valence-electron chi connectivity index (χ2n) is 9.47. The molecule has 0 N–H and O–H groups in total. The lowest BCUT2D eigenvalue weighted by atomic mass is 9.62. The van der Waals surface area contributed by atoms with Gasteiger partial charge in [0.2, 0.25) is 0 Å². The summed E-state index contributed by atoms with van der Waals surface area (Å²) in [6.45, 7) is 0. The molecule has 0 aliphatic carbocycles. The Labute approximate surface area is 222 Å². The van der Waals surface area contributed by atoms with Gasteiger partial charge in [-0.1, -0.05) is 97.1 Å². The molecule has 38 heavy (non-hydrogen) atoms. The predicted molar refractivity (Wildman–Crippen MR) is 154 cm³/mol. The Morgan fingerprint density at radius 2 is 0.921 bits per heavy atom. The van der Waals surface area contributed by atoms with Crippen molar-refractivity contribution in [1.29, 1.82) is 0 Å². The molecule has 0 bridgehead atoms. The molecule has 7 rings (SSSR count). The number of hydrogen-bond acceptors (Lipinski definition) is 3. The molecule has 2 heterocycles. The Morgan fingerprint density at radius 3 is 1.45 bits per heavy atom. The molecule has 0 amide bonds. The van der Waals surface area contributed by atoms with E-state index in [1.165, 1.54) is 33.6 Å². The molecule has 5 aromatic carbocycles. The van der Waals surface area contributed by atoms with Crippen LogP contribution < -0.4 is 4.90 Å². The first-order valence-electron chi connectivity index (χ1n) is 12.8. The van der Waals surface area contributed by atoms with Gasteiger partial charge in [0.15, 0.2) is 5.82 Å². The van der Waals surface area contributed by atoms with Crippen LogP contribution in [0.25, 0.3) is 11.4 Å². The number of aromatic nitrogens is 2. The largest absolute Gasteiger partial charge is 0.310 e. The Morgan fingerprint density at radius 1 is 0.447 bits per heavy atom. The van der Waals surface area contributed by atoms with E-state index in [1.54, 1.807) is 12.4 Å². The number of hydrogen-bond donors (Lipinski definition) is 0. The van der Waals surface area contributed by atoms with Crippen LogP contribution in [0.3, 0.4) is 0 Å². The number of fused-ring (bicyclic) bond motifs is 2. The summed E-state index contributed by atoms with van der Waals surface area (Å²) in [5, 5.41) is 0. The lowest BCUT2D eigenvalue weighted by molar-refractivity contribution is 0.731. The zero-order chi connectivity index (χ0) is 25.4. The summed E-state index contributed by atoms with van der Waals surface area (Å²) in [5.74, 6) is 0.727. The minimum atomic E-state index is -0.454. The van der Waals surface area contributed by atoms with Gasteiger partial charge in [-0.25, -0.2) is 9.97 Å². The first-order valence-corrected chi connectivity index (χ1v) is 12.8. The van der Waals surface area contributed by atoms with Crippen molar-refractivity contribution in [1.82, 2.24) is 9.97 Å². The molecule has 180 valence electrons. The summed E-state index contributed by atoms with van der Waals surface area (Å²) in [7, 11) is 0. The first-order chi connectivity index (χ1) is 18.9. The average Bonchev–Trinajstić information content (AvgIpc) is 3.01. The van der Waals surface area contributed by atoms with Crippen molar-refractivity contribution >= 4 is 17.1 Å². The molecule has 0 unspecified atom stereocenters. The van der Waals surface area contributed by atoms with E-state index in [0.29, 0.717) is 0 Å². The van der Waals surface area contributed by atoms with E-state index in [1.807, 2.05) is 6.07 Å². The Balaban J connectivity index is 1.50. The summed E-state index contributed by atoms with van der Waals surface area (Å²) in [6, 6.07) is 49.7. The average molecular weight is 488 g/mol. The van der Waals surface area contributed by atoms with Gasteiger partial charge in [-0.15, -0.1) is 0 Å². The maximum atomic E-state index is 4.42. The number of para-hydroxylation sites is 2. The van der Waals surface area contributed by atoms with E-state index in [-0.39, 0.29) is 0 Å². The summed E-state index contributed by atoms with van der Waals surface area (Å²) in [4.78, 5) is 11.2. The van der Waals surface area contributed by atoms with Gasteiger partial charge in [0.05, 0.1) is 16.8 Å². The van der Waals surface area contributed by atoms with Crippen LogP contribution in [0.15, 0.2) is 152 Å². The van der Waals surface area contributed by atoms with Crippen LogP contribution in [-0.4, -0.2) is 9.97 Å². The normalized spacial score (nSPS) is 13.4. The maximum absolute atomic E-state index is 4.42. The van der Waals surface area contributed by atoms with Gasteiger partial charge in [0, 0.05) is 23.6 Å². The van der Waals surface area contributed by atoms with E-state index in [4.69, 9.17) is 0 Å². The molecular weight excluding hydrogens is 462 g/mol. The molecule has 6 aromatic rings. The third-order valence-electron chi connectivity index (χ3n) is 7.46. The number of nitrogens with zero attached hydrogens (tertiary/aromatic N) is 3. The van der Waals surface area contributed by atoms with E-state index in [0.717, 1.165) is 17.1 Å². The minimum absolute atomic E-state index is 0.454. The fraction of sp³-hybridized carbons (Fsp3) is 0.0286. The predicted octanol–water partition coefficient (Wildman–Crippen LogP) is 8.31. The second kappa shape index (κ2) is 9.13. The van der Waals surface area contributed by atoms with Crippen LogP contribution in [0.4, 0.5) is 17.1 Å². The van der Waals surface area contributed by atoms with Crippen LogP contribution in [0.5, 0.6) is 0 Å². The van der Waals surface area contributed by atoms with Crippen LogP contribution in [0.2, 0.25) is 0 Å². The number of rotatable bonds is 4. The Kier molecular flexibility index (Phi) is 5.33. The van der Waals surface area contributed by atoms with Crippen molar-refractivity contribution in [3.05, 3.63) is 174 Å². The van der Waals surface area contributed by atoms with Gasteiger partial charge in [-0.3, -0.25) is 0 Å². The number of benzene rings is 5. The molecule has 0 saturated carbocycles. The topological polar surface area (TPSA) is 29.0 Å². The highest BCUT2D eigenvalue weighted by atomic mass is 15.2. The highest BCUT2D eigenvalue weighted by Gasteiger charge is 2.46. The molecule has 1 aromatic heterocycles. The Bertz CT molecular complexity index is 1610. The summed E-state index contributed by atoms with van der Waals surface area (Å²) < 4.78 is 0. The van der Waals surface area contributed by atoms with Crippen molar-refractivity contribution in [2.45, 2.75) is 5.41 Å². The maximum Gasteiger partial charge on any atom is 0.159 e. The molecule has 3 heteroatoms. The molecule has 0 fully saturated rings. The van der Waals surface area contributed by atoms with Crippen molar-refractivity contribution in [3.63, 3.8) is 0 Å². The van der Waals surface area contributed by atoms with E-state index in [2.05, 4.69) is 148 Å².